The molecule has 6 heteroatoms. The molecule has 1 heterocycles. The Hall–Kier alpha value is -2.21. The zero-order valence-corrected chi connectivity index (χ0v) is 12.3. The van der Waals surface area contributed by atoms with Gasteiger partial charge in [0.15, 0.2) is 12.2 Å². The standard InChI is InChI=1S/C15H9BrFNO3/c16-11-6-5-9(17)7-10(11)15(19)20-8-14-18-12-3-1-2-4-13(12)21-14/h1-7H,8H2. The molecule has 0 saturated heterocycles. The van der Waals surface area contributed by atoms with Gasteiger partial charge in [0.25, 0.3) is 0 Å². The molecule has 0 amide bonds. The van der Waals surface area contributed by atoms with E-state index >= 15 is 0 Å². The summed E-state index contributed by atoms with van der Waals surface area (Å²) in [6.45, 7) is -0.115. The van der Waals surface area contributed by atoms with E-state index in [1.165, 1.54) is 12.1 Å². The van der Waals surface area contributed by atoms with E-state index in [-0.39, 0.29) is 18.1 Å². The van der Waals surface area contributed by atoms with Crippen LogP contribution in [0.4, 0.5) is 4.39 Å². The highest BCUT2D eigenvalue weighted by Gasteiger charge is 2.14. The Bertz CT molecular complexity index is 783. The number of para-hydroxylation sites is 2. The summed E-state index contributed by atoms with van der Waals surface area (Å²) in [6.07, 6.45) is 0. The van der Waals surface area contributed by atoms with Crippen LogP contribution in [-0.2, 0) is 11.3 Å². The van der Waals surface area contributed by atoms with Crippen molar-refractivity contribution in [2.45, 2.75) is 6.61 Å². The Morgan fingerprint density at radius 3 is 2.90 bits per heavy atom. The third-order valence-corrected chi connectivity index (χ3v) is 3.50. The first-order valence-corrected chi connectivity index (χ1v) is 6.89. The third-order valence-electron chi connectivity index (χ3n) is 2.81. The summed E-state index contributed by atoms with van der Waals surface area (Å²) in [5, 5.41) is 0. The summed E-state index contributed by atoms with van der Waals surface area (Å²) in [7, 11) is 0. The number of nitrogens with zero attached hydrogens (tertiary/aromatic N) is 1. The molecule has 0 atom stereocenters. The van der Waals surface area contributed by atoms with E-state index in [0.717, 1.165) is 6.07 Å². The van der Waals surface area contributed by atoms with Crippen LogP contribution < -0.4 is 0 Å². The van der Waals surface area contributed by atoms with Crippen molar-refractivity contribution in [2.24, 2.45) is 0 Å². The third kappa shape index (κ3) is 2.95. The van der Waals surface area contributed by atoms with Gasteiger partial charge in [-0.25, -0.2) is 14.2 Å². The molecule has 3 aromatic rings. The van der Waals surface area contributed by atoms with Crippen LogP contribution in [0.25, 0.3) is 11.1 Å². The molecule has 2 aromatic carbocycles. The topological polar surface area (TPSA) is 52.3 Å². The van der Waals surface area contributed by atoms with Crippen molar-refractivity contribution < 1.29 is 18.3 Å². The number of halogens is 2. The van der Waals surface area contributed by atoms with Crippen molar-refractivity contribution in [2.75, 3.05) is 0 Å². The maximum Gasteiger partial charge on any atom is 0.339 e. The van der Waals surface area contributed by atoms with E-state index in [1.807, 2.05) is 12.1 Å². The second-order valence-electron chi connectivity index (χ2n) is 4.28. The monoisotopic (exact) mass is 349 g/mol. The van der Waals surface area contributed by atoms with Crippen LogP contribution in [0.5, 0.6) is 0 Å². The first kappa shape index (κ1) is 13.8. The van der Waals surface area contributed by atoms with Gasteiger partial charge in [-0.1, -0.05) is 12.1 Å². The van der Waals surface area contributed by atoms with Crippen LogP contribution in [0.2, 0.25) is 0 Å². The Kier molecular flexibility index (Phi) is 3.70. The van der Waals surface area contributed by atoms with Gasteiger partial charge in [-0.15, -0.1) is 0 Å². The number of esters is 1. The number of fused-ring (bicyclic) bond motifs is 1. The van der Waals surface area contributed by atoms with Gasteiger partial charge in [0, 0.05) is 4.47 Å². The number of benzene rings is 2. The lowest BCUT2D eigenvalue weighted by Crippen LogP contribution is -2.06. The summed E-state index contributed by atoms with van der Waals surface area (Å²) in [6, 6.07) is 11.0. The van der Waals surface area contributed by atoms with Crippen LogP contribution >= 0.6 is 15.9 Å². The first-order chi connectivity index (χ1) is 10.1. The zero-order chi connectivity index (χ0) is 14.8. The molecule has 3 rings (SSSR count). The van der Waals surface area contributed by atoms with Crippen molar-refractivity contribution in [1.82, 2.24) is 4.98 Å². The molecule has 0 aliphatic carbocycles. The Balaban J connectivity index is 1.74. The fourth-order valence-electron chi connectivity index (χ4n) is 1.84. The minimum absolute atomic E-state index is 0.115. The van der Waals surface area contributed by atoms with Crippen molar-refractivity contribution in [1.29, 1.82) is 0 Å². The maximum atomic E-state index is 13.2. The van der Waals surface area contributed by atoms with Gasteiger partial charge in [-0.2, -0.15) is 0 Å². The molecule has 4 nitrogen and oxygen atoms in total. The van der Waals surface area contributed by atoms with Crippen molar-refractivity contribution in [3.8, 4) is 0 Å². The van der Waals surface area contributed by atoms with Gasteiger partial charge in [0.05, 0.1) is 5.56 Å². The lowest BCUT2D eigenvalue weighted by Gasteiger charge is -2.04. The fraction of sp³-hybridized carbons (Fsp3) is 0.0667. The number of carbonyl (C=O) groups excluding carboxylic acids is 1. The Morgan fingerprint density at radius 1 is 1.29 bits per heavy atom. The molecular weight excluding hydrogens is 341 g/mol. The van der Waals surface area contributed by atoms with Crippen LogP contribution in [0.3, 0.4) is 0 Å². The van der Waals surface area contributed by atoms with Crippen molar-refractivity contribution >= 4 is 33.0 Å². The summed E-state index contributed by atoms with van der Waals surface area (Å²) in [5.74, 6) is -0.868. The minimum atomic E-state index is -0.649. The van der Waals surface area contributed by atoms with Gasteiger partial charge in [0.1, 0.15) is 11.3 Å². The van der Waals surface area contributed by atoms with E-state index in [4.69, 9.17) is 9.15 Å². The maximum absolute atomic E-state index is 13.2. The molecule has 1 aromatic heterocycles. The summed E-state index contributed by atoms with van der Waals surface area (Å²) in [5.41, 5.74) is 1.43. The van der Waals surface area contributed by atoms with E-state index in [1.54, 1.807) is 12.1 Å². The zero-order valence-electron chi connectivity index (χ0n) is 10.7. The fourth-order valence-corrected chi connectivity index (χ4v) is 2.25. The van der Waals surface area contributed by atoms with E-state index in [2.05, 4.69) is 20.9 Å². The van der Waals surface area contributed by atoms with Crippen LogP contribution in [0, 0.1) is 5.82 Å². The molecule has 0 spiro atoms. The number of oxazole rings is 1. The largest absolute Gasteiger partial charge is 0.452 e. The van der Waals surface area contributed by atoms with E-state index in [0.29, 0.717) is 15.6 Å². The molecule has 21 heavy (non-hydrogen) atoms. The first-order valence-electron chi connectivity index (χ1n) is 6.10. The highest BCUT2D eigenvalue weighted by molar-refractivity contribution is 9.10. The molecule has 0 aliphatic rings. The molecule has 0 unspecified atom stereocenters. The number of ether oxygens (including phenoxy) is 1. The van der Waals surface area contributed by atoms with E-state index in [9.17, 15) is 9.18 Å². The van der Waals surface area contributed by atoms with Gasteiger partial charge in [0.2, 0.25) is 5.89 Å². The predicted molar refractivity (Wildman–Crippen MR) is 77.2 cm³/mol. The van der Waals surface area contributed by atoms with Crippen molar-refractivity contribution in [3.05, 3.63) is 64.2 Å². The minimum Gasteiger partial charge on any atom is -0.452 e. The molecule has 0 radical (unpaired) electrons. The number of carbonyl (C=O) groups is 1. The lowest BCUT2D eigenvalue weighted by molar-refractivity contribution is 0.0438. The highest BCUT2D eigenvalue weighted by Crippen LogP contribution is 2.20. The number of hydrogen-bond acceptors (Lipinski definition) is 4. The van der Waals surface area contributed by atoms with Crippen LogP contribution in [-0.4, -0.2) is 11.0 Å². The summed E-state index contributed by atoms with van der Waals surface area (Å²) >= 11 is 3.18. The number of rotatable bonds is 3. The second kappa shape index (κ2) is 5.65. The molecule has 0 saturated carbocycles. The summed E-state index contributed by atoms with van der Waals surface area (Å²) < 4.78 is 24.1. The predicted octanol–water partition coefficient (Wildman–Crippen LogP) is 4.09. The molecule has 0 bridgehead atoms. The number of hydrogen-bond donors (Lipinski definition) is 0. The van der Waals surface area contributed by atoms with Gasteiger partial charge in [-0.05, 0) is 46.3 Å². The Morgan fingerprint density at radius 2 is 2.10 bits per heavy atom. The Labute approximate surface area is 127 Å². The smallest absolute Gasteiger partial charge is 0.339 e. The van der Waals surface area contributed by atoms with Gasteiger partial charge in [-0.3, -0.25) is 0 Å². The lowest BCUT2D eigenvalue weighted by atomic mass is 10.2. The summed E-state index contributed by atoms with van der Waals surface area (Å²) in [4.78, 5) is 16.1. The molecule has 0 fully saturated rings. The highest BCUT2D eigenvalue weighted by atomic mass is 79.9. The average Bonchev–Trinajstić information content (AvgIpc) is 2.90. The van der Waals surface area contributed by atoms with Crippen molar-refractivity contribution in [3.63, 3.8) is 0 Å². The SMILES string of the molecule is O=C(OCc1nc2ccccc2o1)c1cc(F)ccc1Br. The average molecular weight is 350 g/mol. The van der Waals surface area contributed by atoms with Gasteiger partial charge < -0.3 is 9.15 Å². The van der Waals surface area contributed by atoms with Gasteiger partial charge >= 0.3 is 5.97 Å². The van der Waals surface area contributed by atoms with Crippen LogP contribution in [0.1, 0.15) is 16.2 Å². The van der Waals surface area contributed by atoms with Crippen LogP contribution in [0.15, 0.2) is 51.4 Å². The second-order valence-corrected chi connectivity index (χ2v) is 5.13. The normalized spacial score (nSPS) is 10.8. The quantitative estimate of drug-likeness (QED) is 0.668. The molecule has 0 aliphatic heterocycles. The molecule has 106 valence electrons. The number of aromatic nitrogens is 1. The molecular formula is C15H9BrFNO3. The molecule has 0 N–H and O–H groups in total. The van der Waals surface area contributed by atoms with E-state index < -0.39 is 11.8 Å².